The molecular formula is C13H23NO3S. The van der Waals surface area contributed by atoms with Gasteiger partial charge in [-0.05, 0) is 30.4 Å². The summed E-state index contributed by atoms with van der Waals surface area (Å²) < 4.78 is 16.1. The van der Waals surface area contributed by atoms with Crippen molar-refractivity contribution >= 4 is 11.3 Å². The fraction of sp³-hybridized carbons (Fsp3) is 0.692. The molecule has 0 aliphatic rings. The summed E-state index contributed by atoms with van der Waals surface area (Å²) >= 11 is 1.69. The fourth-order valence-electron chi connectivity index (χ4n) is 1.62. The molecule has 1 rings (SSSR count). The van der Waals surface area contributed by atoms with Crippen LogP contribution in [0.5, 0.6) is 0 Å². The molecule has 5 heteroatoms. The molecule has 0 radical (unpaired) electrons. The number of hydrogen-bond donors (Lipinski definition) is 1. The zero-order valence-corrected chi connectivity index (χ0v) is 12.0. The van der Waals surface area contributed by atoms with Crippen molar-refractivity contribution < 1.29 is 14.2 Å². The lowest BCUT2D eigenvalue weighted by Gasteiger charge is -2.15. The number of nitrogens with two attached hydrogens (primary N) is 1. The molecule has 4 nitrogen and oxygen atoms in total. The fourth-order valence-corrected chi connectivity index (χ4v) is 2.61. The molecule has 0 bridgehead atoms. The van der Waals surface area contributed by atoms with Gasteiger partial charge in [-0.25, -0.2) is 0 Å². The highest BCUT2D eigenvalue weighted by Gasteiger charge is 2.13. The van der Waals surface area contributed by atoms with Crippen LogP contribution in [-0.2, 0) is 14.2 Å². The summed E-state index contributed by atoms with van der Waals surface area (Å²) in [5.41, 5.74) is 6.98. The number of aryl methyl sites for hydroxylation is 1. The Bertz CT molecular complexity index is 317. The third-order valence-corrected chi connectivity index (χ3v) is 3.70. The van der Waals surface area contributed by atoms with Crippen LogP contribution in [0.4, 0.5) is 0 Å². The minimum Gasteiger partial charge on any atom is -0.385 e. The van der Waals surface area contributed by atoms with Gasteiger partial charge in [-0.15, -0.1) is 11.3 Å². The molecule has 1 aromatic heterocycles. The molecule has 1 aromatic rings. The lowest BCUT2D eigenvalue weighted by atomic mass is 10.2. The van der Waals surface area contributed by atoms with Crippen molar-refractivity contribution in [1.82, 2.24) is 0 Å². The normalized spacial score (nSPS) is 12.8. The van der Waals surface area contributed by atoms with Gasteiger partial charge in [-0.3, -0.25) is 0 Å². The molecule has 18 heavy (non-hydrogen) atoms. The van der Waals surface area contributed by atoms with E-state index < -0.39 is 0 Å². The van der Waals surface area contributed by atoms with E-state index in [1.165, 1.54) is 10.4 Å². The number of ether oxygens (including phenoxy) is 3. The van der Waals surface area contributed by atoms with E-state index in [1.54, 1.807) is 18.4 Å². The summed E-state index contributed by atoms with van der Waals surface area (Å²) in [4.78, 5) is 1.22. The maximum Gasteiger partial charge on any atom is 0.104 e. The second-order valence-corrected chi connectivity index (χ2v) is 4.97. The van der Waals surface area contributed by atoms with Crippen molar-refractivity contribution in [2.24, 2.45) is 5.73 Å². The summed E-state index contributed by atoms with van der Waals surface area (Å²) in [5.74, 6) is 0. The standard InChI is InChI=1S/C13H23NO3S/c1-11-4-9-18-13(11)12(10-14)17-8-7-16-6-3-5-15-2/h4,9,12H,3,5-8,10,14H2,1-2H3. The van der Waals surface area contributed by atoms with E-state index in [-0.39, 0.29) is 6.10 Å². The van der Waals surface area contributed by atoms with Crippen LogP contribution < -0.4 is 5.73 Å². The first-order chi connectivity index (χ1) is 8.79. The van der Waals surface area contributed by atoms with Crippen molar-refractivity contribution in [3.05, 3.63) is 21.9 Å². The third-order valence-electron chi connectivity index (χ3n) is 2.59. The molecule has 104 valence electrons. The Labute approximate surface area is 113 Å². The first-order valence-corrected chi connectivity index (χ1v) is 7.10. The molecule has 0 aromatic carbocycles. The van der Waals surface area contributed by atoms with Gasteiger partial charge in [-0.1, -0.05) is 0 Å². The van der Waals surface area contributed by atoms with Gasteiger partial charge in [0.1, 0.15) is 6.10 Å². The minimum absolute atomic E-state index is 0.00687. The second-order valence-electron chi connectivity index (χ2n) is 4.02. The SMILES string of the molecule is COCCCOCCOC(CN)c1sccc1C. The summed E-state index contributed by atoms with van der Waals surface area (Å²) in [6, 6.07) is 2.09. The lowest BCUT2D eigenvalue weighted by molar-refractivity contribution is 0.00500. The summed E-state index contributed by atoms with van der Waals surface area (Å²) in [5, 5.41) is 2.07. The Hall–Kier alpha value is -0.460. The zero-order valence-electron chi connectivity index (χ0n) is 11.2. The molecule has 2 N–H and O–H groups in total. The predicted octanol–water partition coefficient (Wildman–Crippen LogP) is 2.13. The summed E-state index contributed by atoms with van der Waals surface area (Å²) in [6.07, 6.45) is 0.911. The molecule has 1 unspecified atom stereocenters. The smallest absolute Gasteiger partial charge is 0.104 e. The van der Waals surface area contributed by atoms with E-state index in [2.05, 4.69) is 18.4 Å². The minimum atomic E-state index is -0.00687. The van der Waals surface area contributed by atoms with Gasteiger partial charge in [-0.2, -0.15) is 0 Å². The topological polar surface area (TPSA) is 53.7 Å². The average Bonchev–Trinajstić information content (AvgIpc) is 2.79. The van der Waals surface area contributed by atoms with Crippen molar-refractivity contribution in [3.63, 3.8) is 0 Å². The predicted molar refractivity (Wildman–Crippen MR) is 74.1 cm³/mol. The van der Waals surface area contributed by atoms with Crippen LogP contribution in [0.25, 0.3) is 0 Å². The Kier molecular flexibility index (Phi) is 8.20. The molecule has 0 fully saturated rings. The van der Waals surface area contributed by atoms with Crippen molar-refractivity contribution in [2.45, 2.75) is 19.4 Å². The molecule has 0 aliphatic heterocycles. The highest BCUT2D eigenvalue weighted by molar-refractivity contribution is 7.10. The van der Waals surface area contributed by atoms with E-state index in [4.69, 9.17) is 19.9 Å². The summed E-state index contributed by atoms with van der Waals surface area (Å²) in [7, 11) is 1.69. The van der Waals surface area contributed by atoms with Crippen LogP contribution in [-0.4, -0.2) is 40.1 Å². The average molecular weight is 273 g/mol. The zero-order chi connectivity index (χ0) is 13.2. The van der Waals surface area contributed by atoms with Gasteiger partial charge in [0.25, 0.3) is 0 Å². The highest BCUT2D eigenvalue weighted by atomic mass is 32.1. The number of methoxy groups -OCH3 is 1. The van der Waals surface area contributed by atoms with E-state index in [9.17, 15) is 0 Å². The molecule has 0 spiro atoms. The Morgan fingerprint density at radius 2 is 2.11 bits per heavy atom. The van der Waals surface area contributed by atoms with E-state index in [0.29, 0.717) is 26.4 Å². The van der Waals surface area contributed by atoms with Crippen LogP contribution in [0, 0.1) is 6.92 Å². The Morgan fingerprint density at radius 1 is 1.28 bits per heavy atom. The molecule has 0 saturated heterocycles. The van der Waals surface area contributed by atoms with Crippen LogP contribution in [0.3, 0.4) is 0 Å². The maximum atomic E-state index is 5.75. The quantitative estimate of drug-likeness (QED) is 0.664. The van der Waals surface area contributed by atoms with E-state index in [1.807, 2.05) is 0 Å². The van der Waals surface area contributed by atoms with Crippen LogP contribution >= 0.6 is 11.3 Å². The van der Waals surface area contributed by atoms with Crippen LogP contribution in [0.15, 0.2) is 11.4 Å². The van der Waals surface area contributed by atoms with Gasteiger partial charge < -0.3 is 19.9 Å². The van der Waals surface area contributed by atoms with Crippen molar-refractivity contribution in [2.75, 3.05) is 40.1 Å². The van der Waals surface area contributed by atoms with Gasteiger partial charge in [0, 0.05) is 31.7 Å². The maximum absolute atomic E-state index is 5.75. The molecule has 0 aliphatic carbocycles. The molecule has 0 saturated carbocycles. The van der Waals surface area contributed by atoms with Crippen LogP contribution in [0.1, 0.15) is 23.0 Å². The number of thiophene rings is 1. The molecule has 0 amide bonds. The molecular weight excluding hydrogens is 250 g/mol. The highest BCUT2D eigenvalue weighted by Crippen LogP contribution is 2.25. The van der Waals surface area contributed by atoms with Gasteiger partial charge in [0.15, 0.2) is 0 Å². The van der Waals surface area contributed by atoms with Gasteiger partial charge in [0.2, 0.25) is 0 Å². The monoisotopic (exact) mass is 273 g/mol. The van der Waals surface area contributed by atoms with Crippen LogP contribution in [0.2, 0.25) is 0 Å². The largest absolute Gasteiger partial charge is 0.385 e. The van der Waals surface area contributed by atoms with Crippen molar-refractivity contribution in [3.8, 4) is 0 Å². The van der Waals surface area contributed by atoms with Gasteiger partial charge in [0.05, 0.1) is 13.2 Å². The number of hydrogen-bond acceptors (Lipinski definition) is 5. The lowest BCUT2D eigenvalue weighted by Crippen LogP contribution is -2.18. The van der Waals surface area contributed by atoms with E-state index in [0.717, 1.165) is 13.0 Å². The first-order valence-electron chi connectivity index (χ1n) is 6.22. The third kappa shape index (κ3) is 5.46. The van der Waals surface area contributed by atoms with E-state index >= 15 is 0 Å². The first kappa shape index (κ1) is 15.6. The molecule has 1 heterocycles. The van der Waals surface area contributed by atoms with Gasteiger partial charge >= 0.3 is 0 Å². The Morgan fingerprint density at radius 3 is 2.72 bits per heavy atom. The Balaban J connectivity index is 2.15. The van der Waals surface area contributed by atoms with Crippen molar-refractivity contribution in [1.29, 1.82) is 0 Å². The summed E-state index contributed by atoms with van der Waals surface area (Å²) in [6.45, 7) is 5.21. The number of rotatable bonds is 10. The molecule has 1 atom stereocenters. The second kappa shape index (κ2) is 9.47.